The van der Waals surface area contributed by atoms with Crippen LogP contribution in [-0.4, -0.2) is 25.3 Å². The average Bonchev–Trinajstić information content (AvgIpc) is 2.69. The summed E-state index contributed by atoms with van der Waals surface area (Å²) < 4.78 is 33.8. The highest BCUT2D eigenvalue weighted by molar-refractivity contribution is 7.92. The number of nitrogens with one attached hydrogen (secondary N) is 1. The number of sulfonamides is 1. The third-order valence-electron chi connectivity index (χ3n) is 4.15. The molecule has 156 valence electrons. The Kier molecular flexibility index (Phi) is 6.43. The monoisotopic (exact) mass is 444 g/mol. The fraction of sp³-hybridized carbons (Fsp3) is 0.182. The second-order valence-corrected chi connectivity index (χ2v) is 9.07. The van der Waals surface area contributed by atoms with E-state index in [2.05, 4.69) is 9.71 Å². The lowest BCUT2D eigenvalue weighted by Crippen LogP contribution is -2.16. The normalized spacial score (nSPS) is 11.4. The van der Waals surface area contributed by atoms with Gasteiger partial charge in [-0.3, -0.25) is 14.5 Å². The van der Waals surface area contributed by atoms with Crippen molar-refractivity contribution in [2.75, 3.05) is 4.72 Å². The summed E-state index contributed by atoms with van der Waals surface area (Å²) in [5, 5.41) is 0.316. The van der Waals surface area contributed by atoms with Gasteiger partial charge in [0.05, 0.1) is 16.7 Å². The molecule has 1 heterocycles. The van der Waals surface area contributed by atoms with E-state index in [0.29, 0.717) is 16.3 Å². The summed E-state index contributed by atoms with van der Waals surface area (Å²) in [4.78, 5) is 17.1. The Labute approximate surface area is 180 Å². The molecule has 0 bridgehead atoms. The van der Waals surface area contributed by atoms with Crippen molar-refractivity contribution in [1.82, 2.24) is 4.98 Å². The van der Waals surface area contributed by atoms with Crippen molar-refractivity contribution in [3.63, 3.8) is 0 Å². The second-order valence-electron chi connectivity index (χ2n) is 6.95. The summed E-state index contributed by atoms with van der Waals surface area (Å²) in [6.07, 6.45) is 1.43. The smallest absolute Gasteiger partial charge is 0.261 e. The molecule has 0 saturated carbocycles. The van der Waals surface area contributed by atoms with Gasteiger partial charge < -0.3 is 4.74 Å². The van der Waals surface area contributed by atoms with Gasteiger partial charge in [-0.25, -0.2) is 8.42 Å². The second kappa shape index (κ2) is 8.85. The summed E-state index contributed by atoms with van der Waals surface area (Å²) in [5.74, 6) is 0.182. The Balaban J connectivity index is 1.92. The van der Waals surface area contributed by atoms with Crippen LogP contribution in [0.5, 0.6) is 5.75 Å². The maximum atomic E-state index is 13.0. The number of ketones is 1. The van der Waals surface area contributed by atoms with Crippen molar-refractivity contribution < 1.29 is 17.9 Å². The lowest BCUT2D eigenvalue weighted by atomic mass is 10.0. The van der Waals surface area contributed by atoms with Crippen molar-refractivity contribution in [2.45, 2.75) is 31.8 Å². The number of benzene rings is 2. The van der Waals surface area contributed by atoms with Crippen LogP contribution in [0.25, 0.3) is 0 Å². The number of anilines is 1. The van der Waals surface area contributed by atoms with Crippen LogP contribution in [-0.2, 0) is 10.0 Å². The van der Waals surface area contributed by atoms with Gasteiger partial charge in [0.2, 0.25) is 0 Å². The highest BCUT2D eigenvalue weighted by Crippen LogP contribution is 2.27. The minimum Gasteiger partial charge on any atom is -0.491 e. The maximum absolute atomic E-state index is 13.0. The predicted molar refractivity (Wildman–Crippen MR) is 117 cm³/mol. The number of aromatic nitrogens is 1. The zero-order chi connectivity index (χ0) is 21.9. The average molecular weight is 445 g/mol. The molecule has 0 aliphatic carbocycles. The van der Waals surface area contributed by atoms with Crippen molar-refractivity contribution in [3.05, 3.63) is 82.6 Å². The van der Waals surface area contributed by atoms with E-state index >= 15 is 0 Å². The standard InChI is InChI=1S/C22H21ClN2O4S/c1-14(2)29-18-7-9-19(10-8-18)30(27,28)25-21-11-6-17(23)12-20(21)22(26)16-5-4-15(3)24-13-16/h4-14,25H,1-3H3. The third kappa shape index (κ3) is 5.17. The largest absolute Gasteiger partial charge is 0.491 e. The minimum atomic E-state index is -3.93. The fourth-order valence-electron chi connectivity index (χ4n) is 2.72. The molecule has 0 saturated heterocycles. The number of hydrogen-bond donors (Lipinski definition) is 1. The first kappa shape index (κ1) is 21.8. The number of aryl methyl sites for hydroxylation is 1. The van der Waals surface area contributed by atoms with Crippen LogP contribution in [0.3, 0.4) is 0 Å². The molecule has 0 unspecified atom stereocenters. The van der Waals surface area contributed by atoms with Gasteiger partial charge >= 0.3 is 0 Å². The first-order chi connectivity index (χ1) is 14.2. The van der Waals surface area contributed by atoms with E-state index in [1.165, 1.54) is 36.5 Å². The zero-order valence-electron chi connectivity index (χ0n) is 16.7. The Hall–Kier alpha value is -2.90. The van der Waals surface area contributed by atoms with Gasteiger partial charge in [0.15, 0.2) is 5.78 Å². The number of hydrogen-bond acceptors (Lipinski definition) is 5. The van der Waals surface area contributed by atoms with Crippen LogP contribution >= 0.6 is 11.6 Å². The predicted octanol–water partition coefficient (Wildman–Crippen LogP) is 4.86. The molecule has 0 atom stereocenters. The summed E-state index contributed by atoms with van der Waals surface area (Å²) in [7, 11) is -3.93. The SMILES string of the molecule is Cc1ccc(C(=O)c2cc(Cl)ccc2NS(=O)(=O)c2ccc(OC(C)C)cc2)cn1. The molecule has 3 aromatic rings. The van der Waals surface area contributed by atoms with Crippen LogP contribution in [0.15, 0.2) is 65.7 Å². The Morgan fingerprint density at radius 2 is 1.77 bits per heavy atom. The first-order valence-electron chi connectivity index (χ1n) is 9.22. The number of rotatable bonds is 7. The van der Waals surface area contributed by atoms with Crippen molar-refractivity contribution in [3.8, 4) is 5.75 Å². The van der Waals surface area contributed by atoms with E-state index in [1.807, 2.05) is 20.8 Å². The first-order valence-corrected chi connectivity index (χ1v) is 11.1. The molecule has 0 radical (unpaired) electrons. The molecule has 6 nitrogen and oxygen atoms in total. The van der Waals surface area contributed by atoms with Crippen LogP contribution in [0.4, 0.5) is 5.69 Å². The molecule has 0 aliphatic rings. The Morgan fingerprint density at radius 3 is 2.37 bits per heavy atom. The van der Waals surface area contributed by atoms with Crippen LogP contribution in [0.1, 0.15) is 35.5 Å². The molecule has 0 aliphatic heterocycles. The van der Waals surface area contributed by atoms with E-state index in [9.17, 15) is 13.2 Å². The van der Waals surface area contributed by atoms with Gasteiger partial charge in [-0.15, -0.1) is 0 Å². The van der Waals surface area contributed by atoms with Crippen LogP contribution in [0, 0.1) is 6.92 Å². The molecule has 0 amide bonds. The summed E-state index contributed by atoms with van der Waals surface area (Å²) in [6.45, 7) is 5.58. The molecular formula is C22H21ClN2O4S. The van der Waals surface area contributed by atoms with E-state index in [0.717, 1.165) is 5.69 Å². The molecule has 8 heteroatoms. The fourth-order valence-corrected chi connectivity index (χ4v) is 3.98. The maximum Gasteiger partial charge on any atom is 0.261 e. The van der Waals surface area contributed by atoms with E-state index in [4.69, 9.17) is 16.3 Å². The Morgan fingerprint density at radius 1 is 1.07 bits per heavy atom. The number of carbonyl (C=O) groups is 1. The van der Waals surface area contributed by atoms with Crippen molar-refractivity contribution in [2.24, 2.45) is 0 Å². The number of halogens is 1. The van der Waals surface area contributed by atoms with Gasteiger partial charge in [-0.1, -0.05) is 11.6 Å². The van der Waals surface area contributed by atoms with E-state index < -0.39 is 10.0 Å². The number of ether oxygens (including phenoxy) is 1. The van der Waals surface area contributed by atoms with Crippen molar-refractivity contribution in [1.29, 1.82) is 0 Å². The van der Waals surface area contributed by atoms with E-state index in [1.54, 1.807) is 24.3 Å². The zero-order valence-corrected chi connectivity index (χ0v) is 18.3. The highest BCUT2D eigenvalue weighted by atomic mass is 35.5. The Bertz CT molecular complexity index is 1160. The molecule has 2 aromatic carbocycles. The topological polar surface area (TPSA) is 85.4 Å². The summed E-state index contributed by atoms with van der Waals surface area (Å²) in [6, 6.07) is 13.8. The summed E-state index contributed by atoms with van der Waals surface area (Å²) >= 11 is 6.06. The van der Waals surface area contributed by atoms with Crippen molar-refractivity contribution >= 4 is 33.1 Å². The van der Waals surface area contributed by atoms with Crippen LogP contribution in [0.2, 0.25) is 5.02 Å². The van der Waals surface area contributed by atoms with Gasteiger partial charge in [0.1, 0.15) is 5.75 Å². The quantitative estimate of drug-likeness (QED) is 0.526. The van der Waals surface area contributed by atoms with Gasteiger partial charge in [-0.05, 0) is 75.4 Å². The third-order valence-corrected chi connectivity index (χ3v) is 5.77. The number of pyridine rings is 1. The molecule has 1 aromatic heterocycles. The number of carbonyl (C=O) groups excluding carboxylic acids is 1. The van der Waals surface area contributed by atoms with Gasteiger partial charge in [0.25, 0.3) is 10.0 Å². The molecule has 30 heavy (non-hydrogen) atoms. The molecule has 0 fully saturated rings. The van der Waals surface area contributed by atoms with E-state index in [-0.39, 0.29) is 28.0 Å². The minimum absolute atomic E-state index is 0.0236. The summed E-state index contributed by atoms with van der Waals surface area (Å²) in [5.41, 5.74) is 1.37. The molecule has 0 spiro atoms. The van der Waals surface area contributed by atoms with Gasteiger partial charge in [0, 0.05) is 28.0 Å². The number of nitrogens with zero attached hydrogens (tertiary/aromatic N) is 1. The highest BCUT2D eigenvalue weighted by Gasteiger charge is 2.20. The van der Waals surface area contributed by atoms with Gasteiger partial charge in [-0.2, -0.15) is 0 Å². The molecular weight excluding hydrogens is 424 g/mol. The lowest BCUT2D eigenvalue weighted by Gasteiger charge is -2.14. The molecule has 1 N–H and O–H groups in total. The molecule has 3 rings (SSSR count). The van der Waals surface area contributed by atoms with Crippen LogP contribution < -0.4 is 9.46 Å². The lowest BCUT2D eigenvalue weighted by molar-refractivity contribution is 0.103.